The number of aliphatic hydroxyl groups excluding tert-OH is 1. The predicted molar refractivity (Wildman–Crippen MR) is 253 cm³/mol. The van der Waals surface area contributed by atoms with Crippen molar-refractivity contribution in [3.05, 3.63) is 196 Å². The number of nitrogens with one attached hydrogen (secondary N) is 2. The number of ether oxygens (including phenoxy) is 2. The number of hydrogen-bond donors (Lipinski definition) is 4. The summed E-state index contributed by atoms with van der Waals surface area (Å²) in [6, 6.07) is 46.2. The molecule has 65 heavy (non-hydrogen) atoms. The number of piperidine rings is 1. The Morgan fingerprint density at radius 2 is 1.45 bits per heavy atom. The van der Waals surface area contributed by atoms with Crippen LogP contribution in [-0.4, -0.2) is 61.2 Å². The van der Waals surface area contributed by atoms with Gasteiger partial charge in [-0.1, -0.05) is 139 Å². The van der Waals surface area contributed by atoms with Crippen molar-refractivity contribution in [1.82, 2.24) is 14.9 Å². The molecule has 1 amide bonds. The number of aryl methyl sites for hydroxylation is 1. The Balaban J connectivity index is 0.978. The van der Waals surface area contributed by atoms with Crippen LogP contribution in [0.2, 0.25) is 5.02 Å². The van der Waals surface area contributed by atoms with Crippen LogP contribution in [0, 0.1) is 12.8 Å². The molecule has 0 bridgehead atoms. The number of rotatable bonds is 15. The van der Waals surface area contributed by atoms with Crippen molar-refractivity contribution in [2.75, 3.05) is 19.6 Å². The lowest BCUT2D eigenvalue weighted by Crippen LogP contribution is -2.49. The quantitative estimate of drug-likeness (QED) is 0.0803. The highest BCUT2D eigenvalue weighted by Crippen LogP contribution is 2.43. The molecule has 2 aliphatic heterocycles. The van der Waals surface area contributed by atoms with Gasteiger partial charge in [-0.2, -0.15) is 4.72 Å². The van der Waals surface area contributed by atoms with E-state index in [4.69, 9.17) is 21.1 Å². The number of amides is 1. The highest BCUT2D eigenvalue weighted by atomic mass is 35.5. The maximum atomic E-state index is 13.8. The van der Waals surface area contributed by atoms with E-state index in [9.17, 15) is 23.4 Å². The third kappa shape index (κ3) is 11.4. The highest BCUT2D eigenvalue weighted by molar-refractivity contribution is 7.89. The normalized spacial score (nSPS) is 20.5. The van der Waals surface area contributed by atoms with Crippen LogP contribution in [0.3, 0.4) is 0 Å². The molecule has 4 N–H and O–H groups in total. The molecule has 2 aliphatic rings. The Kier molecular flexibility index (Phi) is 14.6. The predicted octanol–water partition coefficient (Wildman–Crippen LogP) is 8.79. The number of carbonyl (C=O) groups is 1. The van der Waals surface area contributed by atoms with Gasteiger partial charge < -0.3 is 29.9 Å². The number of aliphatic hydroxyl groups is 2. The first-order valence-corrected chi connectivity index (χ1v) is 24.0. The van der Waals surface area contributed by atoms with Crippen LogP contribution in [0.25, 0.3) is 11.1 Å². The van der Waals surface area contributed by atoms with E-state index in [0.29, 0.717) is 37.5 Å². The van der Waals surface area contributed by atoms with E-state index in [1.165, 1.54) is 12.1 Å². The number of benzene rings is 6. The average molecular weight is 915 g/mol. The lowest BCUT2D eigenvalue weighted by atomic mass is 9.84. The van der Waals surface area contributed by atoms with Gasteiger partial charge in [-0.05, 0) is 102 Å². The van der Waals surface area contributed by atoms with Crippen molar-refractivity contribution in [2.45, 2.75) is 81.3 Å². The monoisotopic (exact) mass is 913 g/mol. The third-order valence-corrected chi connectivity index (χ3v) is 14.5. The number of hydrogen-bond acceptors (Lipinski definition) is 8. The van der Waals surface area contributed by atoms with E-state index >= 15 is 0 Å². The van der Waals surface area contributed by atoms with Crippen LogP contribution in [-0.2, 0) is 49.5 Å². The summed E-state index contributed by atoms with van der Waals surface area (Å²) in [5.41, 5.74) is 7.12. The Bertz CT molecular complexity index is 2640. The van der Waals surface area contributed by atoms with Gasteiger partial charge in [-0.3, -0.25) is 4.79 Å². The van der Waals surface area contributed by atoms with Crippen LogP contribution >= 0.6 is 11.6 Å². The van der Waals surface area contributed by atoms with Gasteiger partial charge in [0.05, 0.1) is 29.3 Å². The standard InChI is InChI=1S/C53H56ClN3O7S/c1-36-14-24-47(25-15-36)65(61,62)56-48(31-38-8-4-3-5-9-38)51(59)55-33-40-10-6-11-42(30-40)43-12-7-13-44(32-43)52-63-49(37(2)50(64-52)41-18-16-39(35-58)17-19-41)34-57-28-26-53(60,27-29-57)45-20-22-46(54)23-21-45/h3-25,30,32,37,48-50,52,56,58,60H,26-29,31,33-35H2,1-2H3,(H,55,59). The summed E-state index contributed by atoms with van der Waals surface area (Å²) in [5.74, 6) is -0.446. The molecular weight excluding hydrogens is 858 g/mol. The first kappa shape index (κ1) is 46.3. The summed E-state index contributed by atoms with van der Waals surface area (Å²) in [7, 11) is -3.99. The van der Waals surface area contributed by atoms with E-state index in [-0.39, 0.29) is 42.6 Å². The van der Waals surface area contributed by atoms with E-state index in [1.54, 1.807) is 12.1 Å². The summed E-state index contributed by atoms with van der Waals surface area (Å²) < 4.78 is 43.2. The summed E-state index contributed by atoms with van der Waals surface area (Å²) in [5, 5.41) is 25.0. The minimum Gasteiger partial charge on any atom is -0.392 e. The zero-order valence-corrected chi connectivity index (χ0v) is 38.2. The first-order valence-electron chi connectivity index (χ1n) is 22.2. The molecule has 0 aliphatic carbocycles. The molecule has 2 saturated heterocycles. The smallest absolute Gasteiger partial charge is 0.241 e. The number of carbonyl (C=O) groups excluding carboxylic acids is 1. The van der Waals surface area contributed by atoms with E-state index in [2.05, 4.69) is 27.9 Å². The third-order valence-electron chi connectivity index (χ3n) is 12.7. The summed E-state index contributed by atoms with van der Waals surface area (Å²) >= 11 is 6.14. The molecule has 10 nitrogen and oxygen atoms in total. The number of halogens is 1. The molecule has 338 valence electrons. The van der Waals surface area contributed by atoms with Crippen molar-refractivity contribution in [1.29, 1.82) is 0 Å². The fraction of sp³-hybridized carbons (Fsp3) is 0.302. The Morgan fingerprint density at radius 1 is 0.785 bits per heavy atom. The molecular formula is C53H56ClN3O7S. The molecule has 5 unspecified atom stereocenters. The number of sulfonamides is 1. The van der Waals surface area contributed by atoms with Gasteiger partial charge in [-0.15, -0.1) is 0 Å². The van der Waals surface area contributed by atoms with Crippen LogP contribution in [0.5, 0.6) is 0 Å². The minimum atomic E-state index is -3.99. The average Bonchev–Trinajstić information content (AvgIpc) is 3.32. The minimum absolute atomic E-state index is 0.0106. The van der Waals surface area contributed by atoms with Gasteiger partial charge in [0.25, 0.3) is 0 Å². The molecule has 6 aromatic rings. The molecule has 8 rings (SSSR count). The van der Waals surface area contributed by atoms with E-state index < -0.39 is 33.9 Å². The highest BCUT2D eigenvalue weighted by Gasteiger charge is 2.41. The zero-order chi connectivity index (χ0) is 45.6. The van der Waals surface area contributed by atoms with Crippen LogP contribution in [0.4, 0.5) is 0 Å². The Morgan fingerprint density at radius 3 is 2.14 bits per heavy atom. The second-order valence-electron chi connectivity index (χ2n) is 17.4. The molecule has 0 spiro atoms. The van der Waals surface area contributed by atoms with E-state index in [0.717, 1.165) is 50.1 Å². The molecule has 6 aromatic carbocycles. The van der Waals surface area contributed by atoms with Gasteiger partial charge in [0.1, 0.15) is 6.04 Å². The molecule has 2 heterocycles. The summed E-state index contributed by atoms with van der Waals surface area (Å²) in [4.78, 5) is 16.3. The summed E-state index contributed by atoms with van der Waals surface area (Å²) in [6.45, 7) is 6.25. The molecule has 0 saturated carbocycles. The second kappa shape index (κ2) is 20.5. The fourth-order valence-corrected chi connectivity index (χ4v) is 10.1. The second-order valence-corrected chi connectivity index (χ2v) is 19.5. The fourth-order valence-electron chi connectivity index (χ4n) is 8.79. The van der Waals surface area contributed by atoms with Gasteiger partial charge in [0.2, 0.25) is 15.9 Å². The van der Waals surface area contributed by atoms with Crippen LogP contribution in [0.1, 0.15) is 71.1 Å². The van der Waals surface area contributed by atoms with Gasteiger partial charge in [0.15, 0.2) is 6.29 Å². The molecule has 12 heteroatoms. The van der Waals surface area contributed by atoms with Gasteiger partial charge >= 0.3 is 0 Å². The Hall–Kier alpha value is -5.21. The van der Waals surface area contributed by atoms with Crippen molar-refractivity contribution in [2.24, 2.45) is 5.92 Å². The molecule has 0 aromatic heterocycles. The maximum absolute atomic E-state index is 13.8. The van der Waals surface area contributed by atoms with Crippen molar-refractivity contribution in [3.8, 4) is 11.1 Å². The summed E-state index contributed by atoms with van der Waals surface area (Å²) in [6.07, 6.45) is 0.199. The lowest BCUT2D eigenvalue weighted by Gasteiger charge is -2.45. The zero-order valence-electron chi connectivity index (χ0n) is 36.6. The molecule has 0 radical (unpaired) electrons. The van der Waals surface area contributed by atoms with Crippen molar-refractivity contribution >= 4 is 27.5 Å². The maximum Gasteiger partial charge on any atom is 0.241 e. The first-order chi connectivity index (χ1) is 31.4. The van der Waals surface area contributed by atoms with Crippen LogP contribution < -0.4 is 10.0 Å². The SMILES string of the molecule is Cc1ccc(S(=O)(=O)NC(Cc2ccccc2)C(=O)NCc2cccc(-c3cccc(C4OC(CN5CCC(O)(c6ccc(Cl)cc6)CC5)C(C)C(c5ccc(CO)cc5)O4)c3)c2)cc1. The van der Waals surface area contributed by atoms with E-state index in [1.807, 2.05) is 128 Å². The molecule has 2 fully saturated rings. The Labute approximate surface area is 387 Å². The van der Waals surface area contributed by atoms with Gasteiger partial charge in [0, 0.05) is 42.7 Å². The lowest BCUT2D eigenvalue weighted by molar-refractivity contribution is -0.277. The number of likely N-dealkylation sites (tertiary alicyclic amines) is 1. The number of nitrogens with zero attached hydrogens (tertiary/aromatic N) is 1. The van der Waals surface area contributed by atoms with Crippen LogP contribution in [0.15, 0.2) is 157 Å². The van der Waals surface area contributed by atoms with Crippen molar-refractivity contribution < 1.29 is 32.9 Å². The van der Waals surface area contributed by atoms with Crippen molar-refractivity contribution in [3.63, 3.8) is 0 Å². The van der Waals surface area contributed by atoms with Gasteiger partial charge in [-0.25, -0.2) is 8.42 Å². The topological polar surface area (TPSA) is 137 Å². The molecule has 5 atom stereocenters. The largest absolute Gasteiger partial charge is 0.392 e.